The molecule has 0 atom stereocenters. The summed E-state index contributed by atoms with van der Waals surface area (Å²) in [6.07, 6.45) is 13.7. The fraction of sp³-hybridized carbons (Fsp3) is 0.500. The van der Waals surface area contributed by atoms with E-state index in [9.17, 15) is 0 Å². The van der Waals surface area contributed by atoms with Crippen LogP contribution in [0.3, 0.4) is 0 Å². The molecule has 21 heavy (non-hydrogen) atoms. The summed E-state index contributed by atoms with van der Waals surface area (Å²) in [5.41, 5.74) is 2.40. The van der Waals surface area contributed by atoms with E-state index in [1.54, 1.807) is 0 Å². The summed E-state index contributed by atoms with van der Waals surface area (Å²) in [6.45, 7) is 2.30. The van der Waals surface area contributed by atoms with Gasteiger partial charge >= 0.3 is 0 Å². The van der Waals surface area contributed by atoms with Gasteiger partial charge < -0.3 is 9.88 Å². The summed E-state index contributed by atoms with van der Waals surface area (Å²) in [5.74, 6) is 0.956. The lowest BCUT2D eigenvalue weighted by Gasteiger charge is -2.30. The second kappa shape index (κ2) is 6.79. The molecule has 1 aromatic heterocycles. The van der Waals surface area contributed by atoms with Gasteiger partial charge in [-0.25, -0.2) is 4.98 Å². The average Bonchev–Trinajstić information content (AvgIpc) is 3.04. The third-order valence-electron chi connectivity index (χ3n) is 4.59. The van der Waals surface area contributed by atoms with Crippen molar-refractivity contribution in [2.45, 2.75) is 51.5 Å². The first-order chi connectivity index (χ1) is 10.4. The number of rotatable bonds is 5. The van der Waals surface area contributed by atoms with Gasteiger partial charge in [0.25, 0.3) is 0 Å². The highest BCUT2D eigenvalue weighted by molar-refractivity contribution is 5.61. The van der Waals surface area contributed by atoms with E-state index >= 15 is 0 Å². The summed E-state index contributed by atoms with van der Waals surface area (Å²) < 4.78 is 2.07. The number of hydrogen-bond donors (Lipinski definition) is 1. The molecule has 0 amide bonds. The summed E-state index contributed by atoms with van der Waals surface area (Å²) >= 11 is 0. The zero-order valence-electron chi connectivity index (χ0n) is 12.8. The van der Waals surface area contributed by atoms with Crippen LogP contribution in [0.4, 0.5) is 5.69 Å². The van der Waals surface area contributed by atoms with E-state index in [4.69, 9.17) is 0 Å². The number of aromatic nitrogens is 2. The Bertz CT molecular complexity index is 539. The van der Waals surface area contributed by atoms with E-state index in [-0.39, 0.29) is 0 Å². The molecule has 0 bridgehead atoms. The molecule has 0 saturated heterocycles. The van der Waals surface area contributed by atoms with Crippen molar-refractivity contribution in [1.82, 2.24) is 9.55 Å². The van der Waals surface area contributed by atoms with Crippen molar-refractivity contribution in [3.63, 3.8) is 0 Å². The van der Waals surface area contributed by atoms with Crippen molar-refractivity contribution in [2.75, 3.05) is 5.32 Å². The van der Waals surface area contributed by atoms with Crippen molar-refractivity contribution < 1.29 is 0 Å². The van der Waals surface area contributed by atoms with Crippen LogP contribution in [-0.2, 0) is 0 Å². The van der Waals surface area contributed by atoms with Gasteiger partial charge in [-0.15, -0.1) is 0 Å². The predicted molar refractivity (Wildman–Crippen MR) is 87.8 cm³/mol. The molecule has 1 aliphatic carbocycles. The Morgan fingerprint density at radius 2 is 2.00 bits per heavy atom. The molecule has 1 fully saturated rings. The maximum absolute atomic E-state index is 4.15. The lowest BCUT2D eigenvalue weighted by atomic mass is 9.83. The van der Waals surface area contributed by atoms with E-state index in [1.807, 2.05) is 18.7 Å². The van der Waals surface area contributed by atoms with Crippen LogP contribution >= 0.6 is 0 Å². The van der Waals surface area contributed by atoms with Gasteiger partial charge in [0.05, 0.1) is 17.7 Å². The van der Waals surface area contributed by atoms with Crippen molar-refractivity contribution in [3.8, 4) is 5.69 Å². The number of nitrogens with one attached hydrogen (secondary N) is 1. The average molecular weight is 283 g/mol. The molecule has 0 radical (unpaired) electrons. The zero-order valence-corrected chi connectivity index (χ0v) is 12.8. The molecule has 1 aromatic carbocycles. The number of para-hydroxylation sites is 2. The summed E-state index contributed by atoms with van der Waals surface area (Å²) in [6, 6.07) is 9.12. The quantitative estimate of drug-likeness (QED) is 0.866. The summed E-state index contributed by atoms with van der Waals surface area (Å²) in [5, 5.41) is 3.75. The molecule has 0 aliphatic heterocycles. The van der Waals surface area contributed by atoms with Crippen molar-refractivity contribution in [3.05, 3.63) is 43.0 Å². The summed E-state index contributed by atoms with van der Waals surface area (Å²) in [7, 11) is 0. The molecule has 2 aromatic rings. The van der Waals surface area contributed by atoms with Crippen molar-refractivity contribution in [2.24, 2.45) is 5.92 Å². The maximum Gasteiger partial charge on any atom is 0.0992 e. The molecule has 1 N–H and O–H groups in total. The van der Waals surface area contributed by atoms with Crippen molar-refractivity contribution in [1.29, 1.82) is 0 Å². The minimum Gasteiger partial charge on any atom is -0.381 e. The van der Waals surface area contributed by atoms with Gasteiger partial charge in [0, 0.05) is 18.4 Å². The van der Waals surface area contributed by atoms with Gasteiger partial charge in [-0.2, -0.15) is 0 Å². The Kier molecular flexibility index (Phi) is 4.59. The Morgan fingerprint density at radius 3 is 2.71 bits per heavy atom. The lowest BCUT2D eigenvalue weighted by Crippen LogP contribution is -2.26. The Hall–Kier alpha value is -1.77. The van der Waals surface area contributed by atoms with Gasteiger partial charge in [0.1, 0.15) is 0 Å². The van der Waals surface area contributed by atoms with Crippen molar-refractivity contribution >= 4 is 5.69 Å². The second-order valence-corrected chi connectivity index (χ2v) is 6.14. The van der Waals surface area contributed by atoms with Crippen LogP contribution in [0.15, 0.2) is 43.0 Å². The van der Waals surface area contributed by atoms with Gasteiger partial charge in [-0.05, 0) is 43.7 Å². The number of benzene rings is 1. The molecule has 3 heteroatoms. The van der Waals surface area contributed by atoms with Gasteiger partial charge in [0.2, 0.25) is 0 Å². The summed E-state index contributed by atoms with van der Waals surface area (Å²) in [4.78, 5) is 4.15. The Balaban J connectivity index is 1.66. The third-order valence-corrected chi connectivity index (χ3v) is 4.59. The lowest BCUT2D eigenvalue weighted by molar-refractivity contribution is 0.319. The molecule has 112 valence electrons. The second-order valence-electron chi connectivity index (χ2n) is 6.14. The Labute approximate surface area is 127 Å². The molecular formula is C18H25N3. The van der Waals surface area contributed by atoms with Crippen LogP contribution in [0, 0.1) is 5.92 Å². The van der Waals surface area contributed by atoms with Crippen LogP contribution < -0.4 is 5.32 Å². The SMILES string of the molecule is CCCC1CCC(Nc2ccccc2-n2ccnc2)CC1. The highest BCUT2D eigenvalue weighted by atomic mass is 15.1. The predicted octanol–water partition coefficient (Wildman–Crippen LogP) is 4.64. The fourth-order valence-corrected chi connectivity index (χ4v) is 3.45. The van der Waals surface area contributed by atoms with E-state index in [2.05, 4.69) is 46.1 Å². The molecule has 1 saturated carbocycles. The highest BCUT2D eigenvalue weighted by Crippen LogP contribution is 2.30. The van der Waals surface area contributed by atoms with Crippen LogP contribution in [-0.4, -0.2) is 15.6 Å². The number of nitrogens with zero attached hydrogens (tertiary/aromatic N) is 2. The monoisotopic (exact) mass is 283 g/mol. The van der Waals surface area contributed by atoms with Crippen LogP contribution in [0.2, 0.25) is 0 Å². The standard InChI is InChI=1S/C18H25N3/c1-2-5-15-8-10-16(11-9-15)20-17-6-3-4-7-18(17)21-13-12-19-14-21/h3-4,6-7,12-16,20H,2,5,8-11H2,1H3. The molecule has 3 rings (SSSR count). The smallest absolute Gasteiger partial charge is 0.0992 e. The van der Waals surface area contributed by atoms with Crippen LogP contribution in [0.25, 0.3) is 5.69 Å². The molecule has 0 unspecified atom stereocenters. The zero-order chi connectivity index (χ0) is 14.5. The first-order valence-electron chi connectivity index (χ1n) is 8.20. The topological polar surface area (TPSA) is 29.9 Å². The molecule has 0 spiro atoms. The minimum atomic E-state index is 0.614. The van der Waals surface area contributed by atoms with Crippen LogP contribution in [0.5, 0.6) is 0 Å². The maximum atomic E-state index is 4.15. The molecule has 1 aliphatic rings. The molecule has 3 nitrogen and oxygen atoms in total. The van der Waals surface area contributed by atoms with Gasteiger partial charge in [-0.1, -0.05) is 31.9 Å². The highest BCUT2D eigenvalue weighted by Gasteiger charge is 2.21. The number of hydrogen-bond acceptors (Lipinski definition) is 2. The van der Waals surface area contributed by atoms with E-state index in [0.29, 0.717) is 6.04 Å². The third kappa shape index (κ3) is 3.46. The van der Waals surface area contributed by atoms with Crippen LogP contribution in [0.1, 0.15) is 45.4 Å². The largest absolute Gasteiger partial charge is 0.381 e. The minimum absolute atomic E-state index is 0.614. The van der Waals surface area contributed by atoms with E-state index < -0.39 is 0 Å². The number of imidazole rings is 1. The fourth-order valence-electron chi connectivity index (χ4n) is 3.45. The van der Waals surface area contributed by atoms with E-state index in [1.165, 1.54) is 49.9 Å². The first kappa shape index (κ1) is 14.2. The molecule has 1 heterocycles. The first-order valence-corrected chi connectivity index (χ1v) is 8.20. The number of anilines is 1. The van der Waals surface area contributed by atoms with E-state index in [0.717, 1.165) is 5.92 Å². The normalized spacial score (nSPS) is 22.1. The van der Waals surface area contributed by atoms with Gasteiger partial charge in [-0.3, -0.25) is 0 Å². The Morgan fingerprint density at radius 1 is 1.19 bits per heavy atom. The molecular weight excluding hydrogens is 258 g/mol. The van der Waals surface area contributed by atoms with Gasteiger partial charge in [0.15, 0.2) is 0 Å².